The Bertz CT molecular complexity index is 239. The average molecular weight is 205 g/mol. The molecule has 4 heteroatoms. The first-order valence-corrected chi connectivity index (χ1v) is 3.40. The Morgan fingerprint density at radius 3 is 2.40 bits per heavy atom. The monoisotopic (exact) mass is 204 g/mol. The zero-order valence-electron chi connectivity index (χ0n) is 5.07. The van der Waals surface area contributed by atoms with Gasteiger partial charge in [-0.05, 0) is 28.1 Å². The molecule has 4 N–H and O–H groups in total. The number of rotatable bonds is 0. The fourth-order valence-corrected chi connectivity index (χ4v) is 1.13. The Hall–Kier alpha value is -0.770. The van der Waals surface area contributed by atoms with Crippen molar-refractivity contribution in [2.24, 2.45) is 0 Å². The minimum Gasteiger partial charge on any atom is -0.399 e. The molecule has 0 aliphatic carbocycles. The van der Waals surface area contributed by atoms with E-state index in [-0.39, 0.29) is 5.69 Å². The fourth-order valence-electron chi connectivity index (χ4n) is 0.632. The first-order chi connectivity index (χ1) is 4.61. The molecule has 1 rings (SSSR count). The van der Waals surface area contributed by atoms with Gasteiger partial charge in [0.2, 0.25) is 0 Å². The van der Waals surface area contributed by atoms with Crippen LogP contribution in [0.15, 0.2) is 16.6 Å². The van der Waals surface area contributed by atoms with Crippen LogP contribution in [0.25, 0.3) is 0 Å². The van der Waals surface area contributed by atoms with Crippen molar-refractivity contribution < 1.29 is 4.39 Å². The van der Waals surface area contributed by atoms with E-state index in [9.17, 15) is 4.39 Å². The second kappa shape index (κ2) is 2.46. The Morgan fingerprint density at radius 1 is 1.30 bits per heavy atom. The van der Waals surface area contributed by atoms with Gasteiger partial charge < -0.3 is 11.5 Å². The average Bonchev–Trinajstić information content (AvgIpc) is 1.82. The molecule has 0 atom stereocenters. The van der Waals surface area contributed by atoms with Crippen LogP contribution >= 0.6 is 15.9 Å². The lowest BCUT2D eigenvalue weighted by atomic mass is 10.3. The molecule has 0 radical (unpaired) electrons. The lowest BCUT2D eigenvalue weighted by molar-refractivity contribution is 0.626. The maximum atomic E-state index is 12.7. The highest BCUT2D eigenvalue weighted by molar-refractivity contribution is 9.10. The molecule has 54 valence electrons. The summed E-state index contributed by atoms with van der Waals surface area (Å²) in [6, 6.07) is 2.84. The van der Waals surface area contributed by atoms with Crippen LogP contribution in [0.2, 0.25) is 0 Å². The second-order valence-corrected chi connectivity index (χ2v) is 2.76. The number of nitrogens with two attached hydrogens (primary N) is 2. The molecule has 0 aromatic heterocycles. The van der Waals surface area contributed by atoms with Gasteiger partial charge in [-0.15, -0.1) is 0 Å². The third kappa shape index (κ3) is 1.21. The van der Waals surface area contributed by atoms with Gasteiger partial charge >= 0.3 is 0 Å². The molecule has 0 bridgehead atoms. The Balaban J connectivity index is 3.31. The van der Waals surface area contributed by atoms with Gasteiger partial charge in [0, 0.05) is 5.69 Å². The molecule has 0 saturated carbocycles. The summed E-state index contributed by atoms with van der Waals surface area (Å²) in [5.74, 6) is -0.464. The van der Waals surface area contributed by atoms with Crippen LogP contribution in [0.4, 0.5) is 15.8 Å². The highest BCUT2D eigenvalue weighted by Crippen LogP contribution is 2.23. The van der Waals surface area contributed by atoms with Gasteiger partial charge in [0.1, 0.15) is 0 Å². The topological polar surface area (TPSA) is 52.0 Å². The standard InChI is InChI=1S/C6H6BrFN2/c7-4-1-3(9)2-5(10)6(4)8/h1-2H,9-10H2. The molecule has 0 aliphatic rings. The van der Waals surface area contributed by atoms with Gasteiger partial charge in [0.15, 0.2) is 5.82 Å². The number of halogens is 2. The Labute approximate surface area is 66.1 Å². The number of hydrogen-bond donors (Lipinski definition) is 2. The molecule has 0 aliphatic heterocycles. The number of nitrogen functional groups attached to an aromatic ring is 2. The zero-order chi connectivity index (χ0) is 7.72. The number of benzene rings is 1. The van der Waals surface area contributed by atoms with Crippen molar-refractivity contribution in [3.63, 3.8) is 0 Å². The van der Waals surface area contributed by atoms with Crippen molar-refractivity contribution >= 4 is 27.3 Å². The van der Waals surface area contributed by atoms with E-state index >= 15 is 0 Å². The van der Waals surface area contributed by atoms with Gasteiger partial charge in [0.25, 0.3) is 0 Å². The third-order valence-electron chi connectivity index (χ3n) is 1.08. The summed E-state index contributed by atoms with van der Waals surface area (Å²) in [4.78, 5) is 0. The van der Waals surface area contributed by atoms with E-state index in [4.69, 9.17) is 11.5 Å². The van der Waals surface area contributed by atoms with Crippen molar-refractivity contribution in [2.75, 3.05) is 11.5 Å². The maximum Gasteiger partial charge on any atom is 0.160 e. The van der Waals surface area contributed by atoms with Gasteiger partial charge in [-0.1, -0.05) is 0 Å². The van der Waals surface area contributed by atoms with Crippen molar-refractivity contribution in [1.29, 1.82) is 0 Å². The van der Waals surface area contributed by atoms with Crippen LogP contribution in [0, 0.1) is 5.82 Å². The van der Waals surface area contributed by atoms with E-state index in [1.54, 1.807) is 0 Å². The quantitative estimate of drug-likeness (QED) is 0.634. The summed E-state index contributed by atoms with van der Waals surface area (Å²) in [7, 11) is 0. The lowest BCUT2D eigenvalue weighted by Crippen LogP contribution is -1.94. The Kier molecular flexibility index (Phi) is 1.80. The van der Waals surface area contributed by atoms with E-state index in [0.29, 0.717) is 10.2 Å². The number of hydrogen-bond acceptors (Lipinski definition) is 2. The van der Waals surface area contributed by atoms with Crippen LogP contribution < -0.4 is 11.5 Å². The molecule has 0 unspecified atom stereocenters. The zero-order valence-corrected chi connectivity index (χ0v) is 6.65. The summed E-state index contributed by atoms with van der Waals surface area (Å²) in [6.07, 6.45) is 0. The summed E-state index contributed by atoms with van der Waals surface area (Å²) in [5.41, 5.74) is 11.1. The molecule has 1 aromatic rings. The fraction of sp³-hybridized carbons (Fsp3) is 0. The van der Waals surface area contributed by atoms with Gasteiger partial charge in [-0.25, -0.2) is 4.39 Å². The Morgan fingerprint density at radius 2 is 1.90 bits per heavy atom. The molecule has 2 nitrogen and oxygen atoms in total. The van der Waals surface area contributed by atoms with Crippen molar-refractivity contribution in [3.05, 3.63) is 22.4 Å². The van der Waals surface area contributed by atoms with Crippen LogP contribution in [0.5, 0.6) is 0 Å². The molecular formula is C6H6BrFN2. The highest BCUT2D eigenvalue weighted by Gasteiger charge is 2.03. The van der Waals surface area contributed by atoms with Crippen LogP contribution in [0.1, 0.15) is 0 Å². The van der Waals surface area contributed by atoms with E-state index in [1.165, 1.54) is 12.1 Å². The first-order valence-electron chi connectivity index (χ1n) is 2.61. The molecule has 0 fully saturated rings. The number of anilines is 2. The summed E-state index contributed by atoms with van der Waals surface area (Å²) in [6.45, 7) is 0. The van der Waals surface area contributed by atoms with Crippen molar-refractivity contribution in [1.82, 2.24) is 0 Å². The molecule has 10 heavy (non-hydrogen) atoms. The highest BCUT2D eigenvalue weighted by atomic mass is 79.9. The largest absolute Gasteiger partial charge is 0.399 e. The van der Waals surface area contributed by atoms with Crippen molar-refractivity contribution in [2.45, 2.75) is 0 Å². The molecule has 0 heterocycles. The normalized spacial score (nSPS) is 9.80. The molecule has 1 aromatic carbocycles. The SMILES string of the molecule is Nc1cc(N)c(F)c(Br)c1. The first kappa shape index (κ1) is 7.34. The van der Waals surface area contributed by atoms with E-state index in [2.05, 4.69) is 15.9 Å². The van der Waals surface area contributed by atoms with Crippen LogP contribution in [-0.4, -0.2) is 0 Å². The lowest BCUT2D eigenvalue weighted by Gasteiger charge is -1.99. The minimum absolute atomic E-state index is 0.0619. The molecule has 0 spiro atoms. The van der Waals surface area contributed by atoms with Crippen molar-refractivity contribution in [3.8, 4) is 0 Å². The second-order valence-electron chi connectivity index (χ2n) is 1.91. The van der Waals surface area contributed by atoms with E-state index in [1.807, 2.05) is 0 Å². The van der Waals surface area contributed by atoms with Crippen LogP contribution in [0.3, 0.4) is 0 Å². The van der Waals surface area contributed by atoms with Gasteiger partial charge in [-0.2, -0.15) is 0 Å². The molecule has 0 saturated heterocycles. The van der Waals surface area contributed by atoms with Gasteiger partial charge in [0.05, 0.1) is 10.2 Å². The maximum absolute atomic E-state index is 12.7. The summed E-state index contributed by atoms with van der Waals surface area (Å²) >= 11 is 2.96. The van der Waals surface area contributed by atoms with E-state index < -0.39 is 5.82 Å². The smallest absolute Gasteiger partial charge is 0.160 e. The van der Waals surface area contributed by atoms with Gasteiger partial charge in [-0.3, -0.25) is 0 Å². The van der Waals surface area contributed by atoms with Crippen LogP contribution in [-0.2, 0) is 0 Å². The minimum atomic E-state index is -0.464. The molecule has 0 amide bonds. The summed E-state index contributed by atoms with van der Waals surface area (Å²) in [5, 5.41) is 0. The third-order valence-corrected chi connectivity index (χ3v) is 1.66. The predicted molar refractivity (Wildman–Crippen MR) is 42.9 cm³/mol. The summed E-state index contributed by atoms with van der Waals surface area (Å²) < 4.78 is 13.0. The van der Waals surface area contributed by atoms with E-state index in [0.717, 1.165) is 0 Å². The molecular weight excluding hydrogens is 199 g/mol. The predicted octanol–water partition coefficient (Wildman–Crippen LogP) is 1.75.